The molecular formula is C14H12ClFN2O3. The van der Waals surface area contributed by atoms with Crippen molar-refractivity contribution < 1.29 is 14.1 Å². The minimum atomic E-state index is -0.683. The number of nitro groups is 1. The summed E-state index contributed by atoms with van der Waals surface area (Å²) in [4.78, 5) is 10.1. The zero-order chi connectivity index (χ0) is 15.4. The fourth-order valence-corrected chi connectivity index (χ4v) is 2.11. The van der Waals surface area contributed by atoms with Crippen LogP contribution in [0.4, 0.5) is 15.8 Å². The van der Waals surface area contributed by atoms with Crippen LogP contribution in [0.15, 0.2) is 36.4 Å². The zero-order valence-corrected chi connectivity index (χ0v) is 11.9. The lowest BCUT2D eigenvalue weighted by Crippen LogP contribution is -2.03. The van der Waals surface area contributed by atoms with Crippen molar-refractivity contribution >= 4 is 23.0 Å². The van der Waals surface area contributed by atoms with Crippen molar-refractivity contribution in [3.05, 3.63) is 62.9 Å². The van der Waals surface area contributed by atoms with E-state index in [9.17, 15) is 14.5 Å². The van der Waals surface area contributed by atoms with Gasteiger partial charge in [0.15, 0.2) is 0 Å². The van der Waals surface area contributed by atoms with Crippen LogP contribution in [-0.2, 0) is 6.54 Å². The highest BCUT2D eigenvalue weighted by molar-refractivity contribution is 6.31. The standard InChI is InChI=1S/C14H12ClFN2O3/c1-21-14-4-2-3-13(15)12(14)8-17-10-5-9(16)6-11(7-10)18(19)20/h2-7,17H,8H2,1H3. The molecule has 21 heavy (non-hydrogen) atoms. The average molecular weight is 311 g/mol. The van der Waals surface area contributed by atoms with Crippen LogP contribution < -0.4 is 10.1 Å². The third-order valence-electron chi connectivity index (χ3n) is 2.86. The van der Waals surface area contributed by atoms with Crippen molar-refractivity contribution in [1.82, 2.24) is 0 Å². The van der Waals surface area contributed by atoms with Gasteiger partial charge in [0.2, 0.25) is 0 Å². The third kappa shape index (κ3) is 3.61. The van der Waals surface area contributed by atoms with Crippen LogP contribution in [0.5, 0.6) is 5.75 Å². The number of rotatable bonds is 5. The second kappa shape index (κ2) is 6.41. The number of halogens is 2. The highest BCUT2D eigenvalue weighted by Gasteiger charge is 2.11. The molecule has 0 spiro atoms. The number of hydrogen-bond donors (Lipinski definition) is 1. The minimum Gasteiger partial charge on any atom is -0.496 e. The first-order valence-corrected chi connectivity index (χ1v) is 6.39. The highest BCUT2D eigenvalue weighted by atomic mass is 35.5. The topological polar surface area (TPSA) is 64.4 Å². The fraction of sp³-hybridized carbons (Fsp3) is 0.143. The predicted octanol–water partition coefficient (Wildman–Crippen LogP) is 4.01. The molecule has 0 fully saturated rings. The molecule has 0 unspecified atom stereocenters. The Kier molecular flexibility index (Phi) is 4.59. The maximum atomic E-state index is 13.3. The molecule has 2 aromatic carbocycles. The van der Waals surface area contributed by atoms with E-state index in [4.69, 9.17) is 16.3 Å². The van der Waals surface area contributed by atoms with Gasteiger partial charge < -0.3 is 10.1 Å². The van der Waals surface area contributed by atoms with Crippen molar-refractivity contribution in [2.24, 2.45) is 0 Å². The molecule has 0 atom stereocenters. The van der Waals surface area contributed by atoms with E-state index in [-0.39, 0.29) is 12.2 Å². The Morgan fingerprint density at radius 3 is 2.81 bits per heavy atom. The molecule has 5 nitrogen and oxygen atoms in total. The fourth-order valence-electron chi connectivity index (χ4n) is 1.87. The van der Waals surface area contributed by atoms with Gasteiger partial charge in [0.1, 0.15) is 11.6 Å². The molecule has 0 saturated carbocycles. The largest absolute Gasteiger partial charge is 0.496 e. The summed E-state index contributed by atoms with van der Waals surface area (Å²) < 4.78 is 18.5. The summed E-state index contributed by atoms with van der Waals surface area (Å²) in [5.74, 6) is -0.0984. The molecule has 0 aliphatic carbocycles. The molecule has 0 amide bonds. The molecule has 0 bridgehead atoms. The predicted molar refractivity (Wildman–Crippen MR) is 78.4 cm³/mol. The van der Waals surface area contributed by atoms with Crippen LogP contribution in [0, 0.1) is 15.9 Å². The summed E-state index contributed by atoms with van der Waals surface area (Å²) in [6.45, 7) is 0.253. The molecule has 0 radical (unpaired) electrons. The van der Waals surface area contributed by atoms with Crippen LogP contribution in [0.25, 0.3) is 0 Å². The van der Waals surface area contributed by atoms with Crippen molar-refractivity contribution in [2.45, 2.75) is 6.54 Å². The van der Waals surface area contributed by atoms with E-state index in [2.05, 4.69) is 5.32 Å². The monoisotopic (exact) mass is 310 g/mol. The van der Waals surface area contributed by atoms with Crippen LogP contribution in [0.3, 0.4) is 0 Å². The van der Waals surface area contributed by atoms with Gasteiger partial charge in [-0.2, -0.15) is 0 Å². The van der Waals surface area contributed by atoms with Gasteiger partial charge in [0, 0.05) is 28.9 Å². The van der Waals surface area contributed by atoms with Gasteiger partial charge in [-0.05, 0) is 18.2 Å². The third-order valence-corrected chi connectivity index (χ3v) is 3.21. The molecular weight excluding hydrogens is 299 g/mol. The summed E-state index contributed by atoms with van der Waals surface area (Å²) in [7, 11) is 1.52. The lowest BCUT2D eigenvalue weighted by atomic mass is 10.2. The normalized spacial score (nSPS) is 10.2. The molecule has 110 valence electrons. The van der Waals surface area contributed by atoms with E-state index in [0.29, 0.717) is 22.0 Å². The maximum absolute atomic E-state index is 13.3. The van der Waals surface area contributed by atoms with Crippen molar-refractivity contribution in [3.63, 3.8) is 0 Å². The summed E-state index contributed by atoms with van der Waals surface area (Å²) >= 11 is 6.09. The Labute approximate surface area is 125 Å². The number of hydrogen-bond acceptors (Lipinski definition) is 4. The van der Waals surface area contributed by atoms with Gasteiger partial charge >= 0.3 is 0 Å². The van der Waals surface area contributed by atoms with E-state index in [0.717, 1.165) is 6.07 Å². The van der Waals surface area contributed by atoms with Crippen molar-refractivity contribution in [1.29, 1.82) is 0 Å². The number of nitrogens with zero attached hydrogens (tertiary/aromatic N) is 1. The van der Waals surface area contributed by atoms with Crippen LogP contribution in [-0.4, -0.2) is 12.0 Å². The first kappa shape index (κ1) is 15.1. The number of benzene rings is 2. The Balaban J connectivity index is 2.23. The molecule has 0 aliphatic rings. The van der Waals surface area contributed by atoms with Gasteiger partial charge in [0.25, 0.3) is 5.69 Å². The number of anilines is 1. The Morgan fingerprint density at radius 1 is 1.38 bits per heavy atom. The van der Waals surface area contributed by atoms with Crippen LogP contribution in [0.1, 0.15) is 5.56 Å². The summed E-state index contributed by atoms with van der Waals surface area (Å²) in [6.07, 6.45) is 0. The minimum absolute atomic E-state index is 0.253. The Hall–Kier alpha value is -2.34. The van der Waals surface area contributed by atoms with Crippen molar-refractivity contribution in [2.75, 3.05) is 12.4 Å². The number of non-ortho nitro benzene ring substituents is 1. The molecule has 2 aromatic rings. The number of ether oxygens (including phenoxy) is 1. The van der Waals surface area contributed by atoms with Crippen LogP contribution >= 0.6 is 11.6 Å². The zero-order valence-electron chi connectivity index (χ0n) is 11.1. The molecule has 0 aliphatic heterocycles. The van der Waals surface area contributed by atoms with Crippen molar-refractivity contribution in [3.8, 4) is 5.75 Å². The van der Waals surface area contributed by atoms with Crippen LogP contribution in [0.2, 0.25) is 5.02 Å². The van der Waals surface area contributed by atoms with Gasteiger partial charge in [-0.3, -0.25) is 10.1 Å². The molecule has 0 aromatic heterocycles. The highest BCUT2D eigenvalue weighted by Crippen LogP contribution is 2.28. The van der Waals surface area contributed by atoms with E-state index in [1.165, 1.54) is 19.2 Å². The van der Waals surface area contributed by atoms with Gasteiger partial charge in [-0.15, -0.1) is 0 Å². The van der Waals surface area contributed by atoms with Gasteiger partial charge in [-0.1, -0.05) is 17.7 Å². The lowest BCUT2D eigenvalue weighted by molar-refractivity contribution is -0.385. The molecule has 1 N–H and O–H groups in total. The summed E-state index contributed by atoms with van der Waals surface area (Å²) in [6, 6.07) is 8.49. The van der Waals surface area contributed by atoms with E-state index >= 15 is 0 Å². The first-order valence-electron chi connectivity index (χ1n) is 6.01. The first-order chi connectivity index (χ1) is 10.0. The second-order valence-electron chi connectivity index (χ2n) is 4.23. The van der Waals surface area contributed by atoms with E-state index in [1.807, 2.05) is 0 Å². The lowest BCUT2D eigenvalue weighted by Gasteiger charge is -2.12. The SMILES string of the molecule is COc1cccc(Cl)c1CNc1cc(F)cc([N+](=O)[O-])c1. The number of nitro benzene ring substituents is 1. The second-order valence-corrected chi connectivity index (χ2v) is 4.64. The number of nitrogens with one attached hydrogen (secondary N) is 1. The van der Waals surface area contributed by atoms with Gasteiger partial charge in [-0.25, -0.2) is 4.39 Å². The maximum Gasteiger partial charge on any atom is 0.274 e. The number of methoxy groups -OCH3 is 1. The Bertz CT molecular complexity index is 679. The quantitative estimate of drug-likeness (QED) is 0.669. The van der Waals surface area contributed by atoms with E-state index in [1.54, 1.807) is 18.2 Å². The van der Waals surface area contributed by atoms with E-state index < -0.39 is 10.7 Å². The molecule has 7 heteroatoms. The Morgan fingerprint density at radius 2 is 2.14 bits per heavy atom. The smallest absolute Gasteiger partial charge is 0.274 e. The molecule has 0 saturated heterocycles. The molecule has 2 rings (SSSR count). The van der Waals surface area contributed by atoms with Gasteiger partial charge in [0.05, 0.1) is 18.1 Å². The summed E-state index contributed by atoms with van der Waals surface area (Å²) in [5.41, 5.74) is 0.667. The summed E-state index contributed by atoms with van der Waals surface area (Å²) in [5, 5.41) is 14.1. The molecule has 0 heterocycles. The average Bonchev–Trinajstić information content (AvgIpc) is 2.45.